The van der Waals surface area contributed by atoms with Gasteiger partial charge in [-0.25, -0.2) is 12.8 Å². The quantitative estimate of drug-likeness (QED) is 0.562. The molecule has 0 aliphatic carbocycles. The zero-order chi connectivity index (χ0) is 23.3. The summed E-state index contributed by atoms with van der Waals surface area (Å²) in [6.07, 6.45) is 4.05. The molecule has 10 heteroatoms. The van der Waals surface area contributed by atoms with Gasteiger partial charge in [0, 0.05) is 22.6 Å². The predicted molar refractivity (Wildman–Crippen MR) is 125 cm³/mol. The van der Waals surface area contributed by atoms with Crippen LogP contribution in [0.5, 0.6) is 0 Å². The maximum absolute atomic E-state index is 14.7. The molecule has 0 saturated carbocycles. The normalized spacial score (nSPS) is 17.6. The van der Waals surface area contributed by atoms with Crippen LogP contribution < -0.4 is 14.9 Å². The number of hydrogen-bond acceptors (Lipinski definition) is 4. The summed E-state index contributed by atoms with van der Waals surface area (Å²) in [4.78, 5) is 12.8. The van der Waals surface area contributed by atoms with E-state index >= 15 is 0 Å². The van der Waals surface area contributed by atoms with Gasteiger partial charge in [-0.1, -0.05) is 29.6 Å². The minimum atomic E-state index is -4.30. The lowest BCUT2D eigenvalue weighted by Gasteiger charge is -2.30. The summed E-state index contributed by atoms with van der Waals surface area (Å²) in [5, 5.41) is 6.69. The van der Waals surface area contributed by atoms with Crippen LogP contribution in [0.4, 0.5) is 10.1 Å². The molecule has 1 amide bonds. The number of sulfonamides is 1. The first-order valence-electron chi connectivity index (χ1n) is 10.5. The molecule has 2 N–H and O–H groups in total. The summed E-state index contributed by atoms with van der Waals surface area (Å²) in [5.74, 6) is -1.34. The number of carbonyl (C=O) groups is 1. The second kappa shape index (κ2) is 10.8. The number of benzene rings is 2. The number of anilines is 1. The molecule has 6 nitrogen and oxygen atoms in total. The first-order valence-corrected chi connectivity index (χ1v) is 12.7. The highest BCUT2D eigenvalue weighted by Gasteiger charge is 2.35. The van der Waals surface area contributed by atoms with Crippen molar-refractivity contribution in [1.29, 1.82) is 0 Å². The van der Waals surface area contributed by atoms with Crippen molar-refractivity contribution >= 4 is 44.8 Å². The Balaban J connectivity index is 1.87. The van der Waals surface area contributed by atoms with Crippen LogP contribution in [0.25, 0.3) is 0 Å². The molecule has 0 aromatic heterocycles. The molecule has 1 aliphatic rings. The summed E-state index contributed by atoms with van der Waals surface area (Å²) < 4.78 is 42.4. The van der Waals surface area contributed by atoms with Crippen LogP contribution in [-0.2, 0) is 14.8 Å². The topological polar surface area (TPSA) is 78.5 Å². The van der Waals surface area contributed by atoms with E-state index in [2.05, 4.69) is 10.6 Å². The standard InChI is InChI=1S/C22H26Cl2FN3O3S/c1-15(22(29)27-13-11-18-4-2-3-12-26-18)28(21-14-17(24)7-10-20(21)25)32(30,31)19-8-5-16(23)6-9-19/h5-10,14-15,18,26H,2-4,11-13H2,1H3,(H,27,29)/t15-,18?/m1/s1. The Hall–Kier alpha value is -1.87. The van der Waals surface area contributed by atoms with Crippen LogP contribution in [0.3, 0.4) is 0 Å². The minimum Gasteiger partial charge on any atom is -0.354 e. The van der Waals surface area contributed by atoms with Gasteiger partial charge in [0.15, 0.2) is 0 Å². The van der Waals surface area contributed by atoms with E-state index in [1.807, 2.05) is 0 Å². The monoisotopic (exact) mass is 501 g/mol. The first kappa shape index (κ1) is 24.8. The Labute approximate surface area is 198 Å². The van der Waals surface area contributed by atoms with Gasteiger partial charge in [-0.2, -0.15) is 0 Å². The van der Waals surface area contributed by atoms with Crippen molar-refractivity contribution < 1.29 is 17.6 Å². The molecule has 32 heavy (non-hydrogen) atoms. The molecule has 2 atom stereocenters. The maximum Gasteiger partial charge on any atom is 0.265 e. The number of nitrogens with zero attached hydrogens (tertiary/aromatic N) is 1. The Morgan fingerprint density at radius 3 is 2.53 bits per heavy atom. The van der Waals surface area contributed by atoms with E-state index in [9.17, 15) is 17.6 Å². The van der Waals surface area contributed by atoms with Crippen molar-refractivity contribution in [2.45, 2.75) is 49.6 Å². The average Bonchev–Trinajstić information content (AvgIpc) is 2.77. The fourth-order valence-corrected chi connectivity index (χ4v) is 5.63. The molecule has 1 unspecified atom stereocenters. The SMILES string of the molecule is C[C@H](C(=O)NCCC1CCCCN1)N(c1cc(Cl)ccc1F)S(=O)(=O)c1ccc(Cl)cc1. The maximum atomic E-state index is 14.7. The summed E-state index contributed by atoms with van der Waals surface area (Å²) in [5.41, 5.74) is -0.302. The number of rotatable bonds is 8. The second-order valence-electron chi connectivity index (χ2n) is 7.75. The van der Waals surface area contributed by atoms with Gasteiger partial charge in [0.25, 0.3) is 10.0 Å². The summed E-state index contributed by atoms with van der Waals surface area (Å²) in [7, 11) is -4.30. The molecule has 0 spiro atoms. The number of halogens is 3. The van der Waals surface area contributed by atoms with Crippen molar-refractivity contribution in [2.24, 2.45) is 0 Å². The third kappa shape index (κ3) is 5.92. The third-order valence-corrected chi connectivity index (χ3v) is 7.84. The van der Waals surface area contributed by atoms with E-state index in [0.29, 0.717) is 17.6 Å². The van der Waals surface area contributed by atoms with Crippen LogP contribution in [0.15, 0.2) is 47.4 Å². The molecule has 2 aromatic rings. The number of amides is 1. The largest absolute Gasteiger partial charge is 0.354 e. The van der Waals surface area contributed by atoms with E-state index in [1.54, 1.807) is 0 Å². The molecule has 1 aliphatic heterocycles. The molecule has 174 valence electrons. The predicted octanol–water partition coefficient (Wildman–Crippen LogP) is 4.36. The van der Waals surface area contributed by atoms with Crippen LogP contribution >= 0.6 is 23.2 Å². The van der Waals surface area contributed by atoms with Crippen molar-refractivity contribution in [1.82, 2.24) is 10.6 Å². The van der Waals surface area contributed by atoms with Gasteiger partial charge < -0.3 is 10.6 Å². The van der Waals surface area contributed by atoms with Crippen molar-refractivity contribution in [3.63, 3.8) is 0 Å². The Bertz CT molecular complexity index is 1040. The second-order valence-corrected chi connectivity index (χ2v) is 10.4. The molecular formula is C22H26Cl2FN3O3S. The van der Waals surface area contributed by atoms with Crippen LogP contribution in [0.1, 0.15) is 32.6 Å². The molecule has 1 heterocycles. The number of nitrogens with one attached hydrogen (secondary N) is 2. The zero-order valence-electron chi connectivity index (χ0n) is 17.7. The Kier molecular flexibility index (Phi) is 8.38. The lowest BCUT2D eigenvalue weighted by atomic mass is 10.0. The fourth-order valence-electron chi connectivity index (χ4n) is 3.72. The summed E-state index contributed by atoms with van der Waals surface area (Å²) in [6, 6.07) is 8.14. The number of carbonyl (C=O) groups excluding carboxylic acids is 1. The lowest BCUT2D eigenvalue weighted by Crippen LogP contribution is -2.49. The smallest absolute Gasteiger partial charge is 0.265 e. The average molecular weight is 502 g/mol. The van der Waals surface area contributed by atoms with E-state index < -0.39 is 27.8 Å². The fraction of sp³-hybridized carbons (Fsp3) is 0.409. The highest BCUT2D eigenvalue weighted by atomic mass is 35.5. The van der Waals surface area contributed by atoms with Crippen molar-refractivity contribution in [3.05, 3.63) is 58.3 Å². The van der Waals surface area contributed by atoms with Gasteiger partial charge in [0.2, 0.25) is 5.91 Å². The van der Waals surface area contributed by atoms with E-state index in [4.69, 9.17) is 23.2 Å². The van der Waals surface area contributed by atoms with Crippen LogP contribution in [0.2, 0.25) is 10.0 Å². The summed E-state index contributed by atoms with van der Waals surface area (Å²) in [6.45, 7) is 2.76. The van der Waals surface area contributed by atoms with Crippen LogP contribution in [0, 0.1) is 5.82 Å². The Morgan fingerprint density at radius 2 is 1.88 bits per heavy atom. The lowest BCUT2D eigenvalue weighted by molar-refractivity contribution is -0.121. The first-order chi connectivity index (χ1) is 15.2. The van der Waals surface area contributed by atoms with Gasteiger partial charge >= 0.3 is 0 Å². The molecule has 0 bridgehead atoms. The van der Waals surface area contributed by atoms with Gasteiger partial charge in [-0.3, -0.25) is 9.10 Å². The third-order valence-electron chi connectivity index (χ3n) is 5.45. The van der Waals surface area contributed by atoms with Gasteiger partial charge in [0.05, 0.1) is 10.6 Å². The van der Waals surface area contributed by atoms with Crippen molar-refractivity contribution in [3.8, 4) is 0 Å². The molecule has 3 rings (SSSR count). The minimum absolute atomic E-state index is 0.118. The molecule has 1 saturated heterocycles. The van der Waals surface area contributed by atoms with Crippen LogP contribution in [-0.4, -0.2) is 39.5 Å². The Morgan fingerprint density at radius 1 is 1.19 bits per heavy atom. The van der Waals surface area contributed by atoms with E-state index in [-0.39, 0.29) is 15.6 Å². The highest BCUT2D eigenvalue weighted by Crippen LogP contribution is 2.31. The van der Waals surface area contributed by atoms with E-state index in [0.717, 1.165) is 42.6 Å². The van der Waals surface area contributed by atoms with E-state index in [1.165, 1.54) is 43.3 Å². The molecule has 0 radical (unpaired) electrons. The summed E-state index contributed by atoms with van der Waals surface area (Å²) >= 11 is 11.9. The molecule has 2 aromatic carbocycles. The number of hydrogen-bond donors (Lipinski definition) is 2. The molecular weight excluding hydrogens is 476 g/mol. The number of piperidine rings is 1. The zero-order valence-corrected chi connectivity index (χ0v) is 20.0. The molecule has 1 fully saturated rings. The van der Waals surface area contributed by atoms with Crippen molar-refractivity contribution in [2.75, 3.05) is 17.4 Å². The van der Waals surface area contributed by atoms with Gasteiger partial charge in [-0.05, 0) is 75.2 Å². The van der Waals surface area contributed by atoms with Gasteiger partial charge in [0.1, 0.15) is 11.9 Å². The highest BCUT2D eigenvalue weighted by molar-refractivity contribution is 7.93. The van der Waals surface area contributed by atoms with Gasteiger partial charge in [-0.15, -0.1) is 0 Å².